The quantitative estimate of drug-likeness (QED) is 0.102. The number of aromatic nitrogens is 6. The van der Waals surface area contributed by atoms with E-state index in [0.717, 1.165) is 0 Å². The van der Waals surface area contributed by atoms with Crippen LogP contribution < -0.4 is 21.9 Å². The molecule has 0 saturated heterocycles. The molecule has 1 atom stereocenters. The highest BCUT2D eigenvalue weighted by atomic mass is 16.6. The van der Waals surface area contributed by atoms with Gasteiger partial charge in [-0.2, -0.15) is 4.98 Å². The smallest absolute Gasteiger partial charge is 0.432 e. The van der Waals surface area contributed by atoms with E-state index in [-0.39, 0.29) is 48.0 Å². The number of H-pyrrole nitrogens is 2. The molecule has 0 fully saturated rings. The monoisotopic (exact) mass is 554 g/mol. The van der Waals surface area contributed by atoms with Gasteiger partial charge in [-0.15, -0.1) is 0 Å². The van der Waals surface area contributed by atoms with Gasteiger partial charge in [-0.05, 0) is 35.6 Å². The molecule has 0 aliphatic carbocycles. The SMILES string of the molecule is Nc1nc2ncc(CNc3ccc(C(=O)NC(CCC(=O)O)C(=O)O)cc3)nc2c(=O)[nH]1.O=[N+]([O-])c1ncc[nH]1. The zero-order chi connectivity index (χ0) is 29.2. The van der Waals surface area contributed by atoms with Crippen LogP contribution in [0.25, 0.3) is 11.2 Å². The Morgan fingerprint density at radius 2 is 1.85 bits per heavy atom. The van der Waals surface area contributed by atoms with Crippen molar-refractivity contribution < 1.29 is 29.5 Å². The van der Waals surface area contributed by atoms with Crippen LogP contribution in [-0.4, -0.2) is 68.9 Å². The minimum atomic E-state index is -1.31. The molecular formula is C22H22N10O8. The molecule has 3 heterocycles. The number of carbonyl (C=O) groups excluding carboxylic acids is 1. The number of fused-ring (bicyclic) bond motifs is 1. The van der Waals surface area contributed by atoms with Crippen molar-refractivity contribution in [3.63, 3.8) is 0 Å². The summed E-state index contributed by atoms with van der Waals surface area (Å²) in [6, 6.07) is 4.86. The molecule has 208 valence electrons. The van der Waals surface area contributed by atoms with Crippen LogP contribution in [0.3, 0.4) is 0 Å². The maximum absolute atomic E-state index is 12.3. The zero-order valence-corrected chi connectivity index (χ0v) is 20.4. The summed E-state index contributed by atoms with van der Waals surface area (Å²) in [5, 5.41) is 33.0. The second-order valence-electron chi connectivity index (χ2n) is 7.88. The van der Waals surface area contributed by atoms with Gasteiger partial charge in [0.2, 0.25) is 5.95 Å². The summed E-state index contributed by atoms with van der Waals surface area (Å²) in [5.41, 5.74) is 6.47. The fraction of sp³-hybridized carbons (Fsp3) is 0.182. The van der Waals surface area contributed by atoms with Crippen molar-refractivity contribution >= 4 is 46.6 Å². The Hall–Kier alpha value is -5.94. The van der Waals surface area contributed by atoms with E-state index < -0.39 is 34.4 Å². The minimum absolute atomic E-state index is 0.0524. The van der Waals surface area contributed by atoms with Crippen LogP contribution in [-0.2, 0) is 16.1 Å². The van der Waals surface area contributed by atoms with Crippen LogP contribution in [0.4, 0.5) is 17.6 Å². The lowest BCUT2D eigenvalue weighted by molar-refractivity contribution is -0.393. The van der Waals surface area contributed by atoms with Gasteiger partial charge < -0.3 is 36.7 Å². The lowest BCUT2D eigenvalue weighted by Gasteiger charge is -2.14. The third-order valence-electron chi connectivity index (χ3n) is 5.01. The number of hydrogen-bond acceptors (Lipinski definition) is 12. The number of carboxylic acids is 2. The number of nitrogens with two attached hydrogens (primary N) is 1. The summed E-state index contributed by atoms with van der Waals surface area (Å²) in [7, 11) is 0. The predicted molar refractivity (Wildman–Crippen MR) is 137 cm³/mol. The summed E-state index contributed by atoms with van der Waals surface area (Å²) in [6.45, 7) is 0.231. The van der Waals surface area contributed by atoms with Crippen molar-refractivity contribution in [1.29, 1.82) is 0 Å². The van der Waals surface area contributed by atoms with Gasteiger partial charge in [0.1, 0.15) is 12.2 Å². The van der Waals surface area contributed by atoms with E-state index in [2.05, 4.69) is 40.5 Å². The van der Waals surface area contributed by atoms with Gasteiger partial charge in [0.05, 0.1) is 24.6 Å². The molecule has 0 aliphatic rings. The summed E-state index contributed by atoms with van der Waals surface area (Å²) in [6.07, 6.45) is 3.57. The summed E-state index contributed by atoms with van der Waals surface area (Å²) < 4.78 is 0. The molecule has 0 saturated carbocycles. The van der Waals surface area contributed by atoms with Gasteiger partial charge in [-0.1, -0.05) is 4.98 Å². The predicted octanol–water partition coefficient (Wildman–Crippen LogP) is 0.273. The largest absolute Gasteiger partial charge is 0.481 e. The molecule has 18 heteroatoms. The molecule has 1 amide bonds. The maximum atomic E-state index is 12.3. The molecule has 1 aromatic carbocycles. The highest BCUT2D eigenvalue weighted by Gasteiger charge is 2.21. The van der Waals surface area contributed by atoms with Crippen LogP contribution in [0.15, 0.2) is 47.7 Å². The molecule has 8 N–H and O–H groups in total. The number of nitrogens with one attached hydrogen (secondary N) is 4. The molecule has 18 nitrogen and oxygen atoms in total. The number of carbonyl (C=O) groups is 3. The lowest BCUT2D eigenvalue weighted by Crippen LogP contribution is -2.41. The first-order chi connectivity index (χ1) is 19.0. The summed E-state index contributed by atoms with van der Waals surface area (Å²) >= 11 is 0. The van der Waals surface area contributed by atoms with Crippen molar-refractivity contribution in [2.45, 2.75) is 25.4 Å². The van der Waals surface area contributed by atoms with Crippen molar-refractivity contribution in [3.05, 3.63) is 74.6 Å². The number of nitro groups is 1. The third-order valence-corrected chi connectivity index (χ3v) is 5.01. The Morgan fingerprint density at radius 3 is 2.42 bits per heavy atom. The number of nitrogens with zero attached hydrogens (tertiary/aromatic N) is 5. The zero-order valence-electron chi connectivity index (χ0n) is 20.4. The highest BCUT2D eigenvalue weighted by molar-refractivity contribution is 5.96. The average molecular weight is 554 g/mol. The molecule has 40 heavy (non-hydrogen) atoms. The molecule has 0 spiro atoms. The Bertz CT molecular complexity index is 1570. The van der Waals surface area contributed by atoms with Crippen LogP contribution in [0.1, 0.15) is 28.9 Å². The normalized spacial score (nSPS) is 11.1. The minimum Gasteiger partial charge on any atom is -0.481 e. The van der Waals surface area contributed by atoms with E-state index in [1.54, 1.807) is 12.1 Å². The molecule has 0 bridgehead atoms. The number of carboxylic acid groups (broad SMARTS) is 2. The number of rotatable bonds is 10. The number of aromatic amines is 2. The molecule has 0 aliphatic heterocycles. The van der Waals surface area contributed by atoms with Crippen LogP contribution in [0, 0.1) is 10.1 Å². The first kappa shape index (κ1) is 28.6. The first-order valence-corrected chi connectivity index (χ1v) is 11.3. The maximum Gasteiger partial charge on any atom is 0.432 e. The summed E-state index contributed by atoms with van der Waals surface area (Å²) in [5.74, 6) is -3.37. The first-order valence-electron chi connectivity index (χ1n) is 11.3. The highest BCUT2D eigenvalue weighted by Crippen LogP contribution is 2.12. The number of benzene rings is 1. The van der Waals surface area contributed by atoms with Gasteiger partial charge in [0.15, 0.2) is 11.2 Å². The van der Waals surface area contributed by atoms with E-state index in [0.29, 0.717) is 11.4 Å². The number of imidazole rings is 1. The van der Waals surface area contributed by atoms with Crippen LogP contribution in [0.5, 0.6) is 0 Å². The van der Waals surface area contributed by atoms with Crippen LogP contribution >= 0.6 is 0 Å². The standard InChI is InChI=1S/C19H19N7O6.C3H3N3O2/c20-19-25-15-14(17(30)26-19)23-11(8-22-15)7-21-10-3-1-9(2-4-10)16(29)24-12(18(31)32)5-6-13(27)28;7-6(8)3-4-1-2-5-3/h1-4,8,12,21H,5-7H2,(H,24,29)(H,27,28)(H,31,32)(H3,20,22,25,26,30);1-2H,(H,4,5). The van der Waals surface area contributed by atoms with Crippen molar-refractivity contribution in [2.24, 2.45) is 0 Å². The van der Waals surface area contributed by atoms with E-state index in [4.69, 9.17) is 15.9 Å². The molecule has 0 radical (unpaired) electrons. The van der Waals surface area contributed by atoms with E-state index in [1.807, 2.05) is 0 Å². The van der Waals surface area contributed by atoms with E-state index in [9.17, 15) is 29.3 Å². The Labute approximate surface area is 222 Å². The van der Waals surface area contributed by atoms with Crippen molar-refractivity contribution in [2.75, 3.05) is 11.1 Å². The Morgan fingerprint density at radius 1 is 1.12 bits per heavy atom. The molecule has 4 aromatic rings. The number of amides is 1. The van der Waals surface area contributed by atoms with Gasteiger partial charge in [0, 0.05) is 17.7 Å². The fourth-order valence-corrected chi connectivity index (χ4v) is 3.11. The molecule has 3 aromatic heterocycles. The van der Waals surface area contributed by atoms with E-state index in [1.165, 1.54) is 30.7 Å². The second kappa shape index (κ2) is 13.0. The molecule has 4 rings (SSSR count). The van der Waals surface area contributed by atoms with Gasteiger partial charge in [-0.25, -0.2) is 19.7 Å². The Kier molecular flexibility index (Phi) is 9.33. The molecular weight excluding hydrogens is 532 g/mol. The Balaban J connectivity index is 0.000000472. The number of hydrogen-bond donors (Lipinski definition) is 7. The van der Waals surface area contributed by atoms with Crippen LogP contribution in [0.2, 0.25) is 0 Å². The lowest BCUT2D eigenvalue weighted by atomic mass is 10.1. The van der Waals surface area contributed by atoms with E-state index >= 15 is 0 Å². The number of anilines is 2. The fourth-order valence-electron chi connectivity index (χ4n) is 3.11. The van der Waals surface area contributed by atoms with Crippen molar-refractivity contribution in [1.82, 2.24) is 35.2 Å². The second-order valence-corrected chi connectivity index (χ2v) is 7.88. The van der Waals surface area contributed by atoms with Gasteiger partial charge in [-0.3, -0.25) is 19.4 Å². The van der Waals surface area contributed by atoms with Gasteiger partial charge in [0.25, 0.3) is 11.5 Å². The summed E-state index contributed by atoms with van der Waals surface area (Å²) in [4.78, 5) is 75.4. The van der Waals surface area contributed by atoms with Gasteiger partial charge >= 0.3 is 17.9 Å². The topological polar surface area (TPSA) is 285 Å². The third kappa shape index (κ3) is 8.03. The average Bonchev–Trinajstić information content (AvgIpc) is 3.46. The van der Waals surface area contributed by atoms with Crippen molar-refractivity contribution in [3.8, 4) is 0 Å². The number of aliphatic carboxylic acids is 2. The molecule has 1 unspecified atom stereocenters. The number of nitrogen functional groups attached to an aromatic ring is 1.